The Hall–Kier alpha value is -4.68. The molecule has 0 N–H and O–H groups in total. The molecule has 4 bridgehead atoms. The fraction of sp³-hybridized carbons (Fsp3) is 0.250. The largest absolute Gasteiger partial charge is 0.0619 e. The number of rotatable bonds is 2. The summed E-state index contributed by atoms with van der Waals surface area (Å²) in [5.41, 5.74) is 22.8. The van der Waals surface area contributed by atoms with Gasteiger partial charge in [0, 0.05) is 10.8 Å². The summed E-state index contributed by atoms with van der Waals surface area (Å²) in [6.07, 6.45) is 6.61. The summed E-state index contributed by atoms with van der Waals surface area (Å²) < 4.78 is 0. The molecule has 0 saturated heterocycles. The number of benzene rings is 6. The predicted octanol–water partition coefficient (Wildman–Crippen LogP) is 12.3. The minimum atomic E-state index is 0.00820. The van der Waals surface area contributed by atoms with Crippen LogP contribution in [0.5, 0.6) is 0 Å². The molecule has 0 aromatic heterocycles. The topological polar surface area (TPSA) is 0 Å². The molecular formula is C48H44. The highest BCUT2D eigenvalue weighted by molar-refractivity contribution is 5.86. The van der Waals surface area contributed by atoms with Crippen LogP contribution >= 0.6 is 0 Å². The number of aryl methyl sites for hydroxylation is 4. The van der Waals surface area contributed by atoms with Gasteiger partial charge in [-0.15, -0.1) is 0 Å². The quantitative estimate of drug-likeness (QED) is 0.181. The fourth-order valence-corrected chi connectivity index (χ4v) is 9.26. The first-order chi connectivity index (χ1) is 23.3. The SMILES string of the molecule is CC1(C)c2ccccc2-c2cc(-c3cc4ccc3CCCc3ccc(cc3-c3ccc5c(c3)C(C)(C)c3ccccc3-5)CCC4)ccc21. The highest BCUT2D eigenvalue weighted by Crippen LogP contribution is 2.51. The van der Waals surface area contributed by atoms with Crippen LogP contribution in [-0.4, -0.2) is 0 Å². The van der Waals surface area contributed by atoms with E-state index in [-0.39, 0.29) is 10.8 Å². The first-order valence-electron chi connectivity index (χ1n) is 18.0. The molecule has 0 fully saturated rings. The highest BCUT2D eigenvalue weighted by atomic mass is 14.4. The molecule has 0 radical (unpaired) electrons. The van der Waals surface area contributed by atoms with E-state index >= 15 is 0 Å². The minimum Gasteiger partial charge on any atom is -0.0619 e. The Balaban J connectivity index is 1.07. The van der Waals surface area contributed by atoms with Crippen LogP contribution in [0.25, 0.3) is 44.5 Å². The van der Waals surface area contributed by atoms with Gasteiger partial charge in [0.1, 0.15) is 0 Å². The molecule has 6 aromatic carbocycles. The van der Waals surface area contributed by atoms with E-state index < -0.39 is 0 Å². The van der Waals surface area contributed by atoms with Gasteiger partial charge in [-0.1, -0.05) is 137 Å². The third-order valence-electron chi connectivity index (χ3n) is 12.0. The second-order valence-electron chi connectivity index (χ2n) is 15.6. The van der Waals surface area contributed by atoms with Crippen molar-refractivity contribution in [2.45, 2.75) is 77.0 Å². The summed E-state index contributed by atoms with van der Waals surface area (Å²) in [7, 11) is 0. The first kappa shape index (κ1) is 29.5. The molecule has 12 rings (SSSR count). The van der Waals surface area contributed by atoms with E-state index in [0.717, 1.165) is 38.5 Å². The zero-order chi connectivity index (χ0) is 32.6. The van der Waals surface area contributed by atoms with Gasteiger partial charge in [0.05, 0.1) is 0 Å². The third-order valence-corrected chi connectivity index (χ3v) is 12.0. The van der Waals surface area contributed by atoms with Crippen molar-refractivity contribution in [3.05, 3.63) is 166 Å². The molecule has 0 amide bonds. The van der Waals surface area contributed by atoms with E-state index in [1.165, 1.54) is 89.0 Å². The predicted molar refractivity (Wildman–Crippen MR) is 203 cm³/mol. The molecule has 0 heterocycles. The van der Waals surface area contributed by atoms with Crippen molar-refractivity contribution in [2.75, 3.05) is 0 Å². The molecule has 0 atom stereocenters. The van der Waals surface area contributed by atoms with Crippen molar-refractivity contribution in [1.82, 2.24) is 0 Å². The first-order valence-corrected chi connectivity index (χ1v) is 18.0. The van der Waals surface area contributed by atoms with E-state index in [1.807, 2.05) is 0 Å². The molecule has 6 aliphatic rings. The lowest BCUT2D eigenvalue weighted by Crippen LogP contribution is -2.15. The average molecular weight is 621 g/mol. The van der Waals surface area contributed by atoms with Crippen molar-refractivity contribution in [1.29, 1.82) is 0 Å². The third kappa shape index (κ3) is 4.56. The van der Waals surface area contributed by atoms with E-state index in [4.69, 9.17) is 0 Å². The normalized spacial score (nSPS) is 16.6. The Bertz CT molecular complexity index is 2240. The van der Waals surface area contributed by atoms with Gasteiger partial charge in [-0.05, 0) is 140 Å². The van der Waals surface area contributed by atoms with Crippen molar-refractivity contribution in [3.8, 4) is 44.5 Å². The van der Waals surface area contributed by atoms with Gasteiger partial charge in [-0.25, -0.2) is 0 Å². The Labute approximate surface area is 286 Å². The Morgan fingerprint density at radius 2 is 0.833 bits per heavy atom. The van der Waals surface area contributed by atoms with Gasteiger partial charge >= 0.3 is 0 Å². The van der Waals surface area contributed by atoms with Crippen LogP contribution < -0.4 is 0 Å². The highest BCUT2D eigenvalue weighted by Gasteiger charge is 2.36. The molecular weight excluding hydrogens is 577 g/mol. The lowest BCUT2D eigenvalue weighted by molar-refractivity contribution is 0.660. The summed E-state index contributed by atoms with van der Waals surface area (Å²) in [5, 5.41) is 0. The molecule has 0 aliphatic heterocycles. The minimum absolute atomic E-state index is 0.00820. The molecule has 6 aliphatic carbocycles. The maximum absolute atomic E-state index is 2.51. The monoisotopic (exact) mass is 620 g/mol. The number of fused-ring (bicyclic) bond motifs is 6. The van der Waals surface area contributed by atoms with Crippen molar-refractivity contribution in [3.63, 3.8) is 0 Å². The van der Waals surface area contributed by atoms with E-state index in [2.05, 4.69) is 149 Å². The second-order valence-corrected chi connectivity index (χ2v) is 15.6. The Morgan fingerprint density at radius 1 is 0.354 bits per heavy atom. The maximum atomic E-state index is 2.51. The summed E-state index contributed by atoms with van der Waals surface area (Å²) in [4.78, 5) is 0. The van der Waals surface area contributed by atoms with Gasteiger partial charge in [0.25, 0.3) is 0 Å². The lowest BCUT2D eigenvalue weighted by atomic mass is 9.81. The van der Waals surface area contributed by atoms with Crippen molar-refractivity contribution in [2.24, 2.45) is 0 Å². The van der Waals surface area contributed by atoms with Crippen molar-refractivity contribution >= 4 is 0 Å². The van der Waals surface area contributed by atoms with Gasteiger partial charge in [-0.2, -0.15) is 0 Å². The zero-order valence-corrected chi connectivity index (χ0v) is 28.8. The average Bonchev–Trinajstić information content (AvgIpc) is 3.48. The molecule has 0 nitrogen and oxygen atoms in total. The maximum Gasteiger partial charge on any atom is 0.0159 e. The smallest absolute Gasteiger partial charge is 0.0159 e. The molecule has 48 heavy (non-hydrogen) atoms. The van der Waals surface area contributed by atoms with Gasteiger partial charge in [-0.3, -0.25) is 0 Å². The molecule has 0 heteroatoms. The van der Waals surface area contributed by atoms with E-state index in [9.17, 15) is 0 Å². The zero-order valence-electron chi connectivity index (χ0n) is 28.8. The summed E-state index contributed by atoms with van der Waals surface area (Å²) >= 11 is 0. The summed E-state index contributed by atoms with van der Waals surface area (Å²) in [6.45, 7) is 9.52. The van der Waals surface area contributed by atoms with Crippen LogP contribution in [0.2, 0.25) is 0 Å². The van der Waals surface area contributed by atoms with Gasteiger partial charge < -0.3 is 0 Å². The summed E-state index contributed by atoms with van der Waals surface area (Å²) in [6, 6.07) is 47.2. The second kappa shape index (κ2) is 10.9. The number of hydrogen-bond donors (Lipinski definition) is 0. The lowest BCUT2D eigenvalue weighted by Gasteiger charge is -2.22. The van der Waals surface area contributed by atoms with Crippen LogP contribution in [0, 0.1) is 0 Å². The summed E-state index contributed by atoms with van der Waals surface area (Å²) in [5.74, 6) is 0. The standard InChI is InChI=1S/C48H44/c1-47(2)44-18-8-6-16-38(44)42-29-35(24-26-45(42)47)40-27-31-11-9-12-32-20-22-34(14-10-13-33(40)21-19-31)41(28-32)36-23-25-39-37-15-5-7-17-43(37)48(3,4)46(39)30-36/h5-8,15-30H,9-14H2,1-4H3. The van der Waals surface area contributed by atoms with Crippen LogP contribution in [0.1, 0.15) is 85.0 Å². The fourth-order valence-electron chi connectivity index (χ4n) is 9.26. The molecule has 6 aromatic rings. The molecule has 236 valence electrons. The van der Waals surface area contributed by atoms with E-state index in [1.54, 1.807) is 0 Å². The Morgan fingerprint density at radius 3 is 1.48 bits per heavy atom. The van der Waals surface area contributed by atoms with Crippen LogP contribution in [-0.2, 0) is 36.5 Å². The van der Waals surface area contributed by atoms with Gasteiger partial charge in [0.2, 0.25) is 0 Å². The van der Waals surface area contributed by atoms with Gasteiger partial charge in [0.15, 0.2) is 0 Å². The van der Waals surface area contributed by atoms with Crippen LogP contribution in [0.3, 0.4) is 0 Å². The van der Waals surface area contributed by atoms with E-state index in [0.29, 0.717) is 0 Å². The van der Waals surface area contributed by atoms with Crippen LogP contribution in [0.15, 0.2) is 121 Å². The Kier molecular flexibility index (Phi) is 6.71. The van der Waals surface area contributed by atoms with Crippen molar-refractivity contribution < 1.29 is 0 Å². The molecule has 0 unspecified atom stereocenters. The molecule has 0 saturated carbocycles. The van der Waals surface area contributed by atoms with Crippen LogP contribution in [0.4, 0.5) is 0 Å². The number of hydrogen-bond acceptors (Lipinski definition) is 0. The molecule has 0 spiro atoms.